The molecule has 4 aromatic rings. The molecule has 2 aliphatic carbocycles. The van der Waals surface area contributed by atoms with Crippen LogP contribution >= 0.6 is 0 Å². The van der Waals surface area contributed by atoms with Gasteiger partial charge in [0.25, 0.3) is 0 Å². The van der Waals surface area contributed by atoms with Gasteiger partial charge in [0, 0.05) is 65.4 Å². The van der Waals surface area contributed by atoms with E-state index in [1.54, 1.807) is 30.3 Å². The summed E-state index contributed by atoms with van der Waals surface area (Å²) < 4.78 is 17.8. The molecule has 43 heavy (non-hydrogen) atoms. The monoisotopic (exact) mass is 581 g/mol. The van der Waals surface area contributed by atoms with Gasteiger partial charge in [-0.15, -0.1) is 0 Å². The van der Waals surface area contributed by atoms with Crippen LogP contribution in [0.25, 0.3) is 22.1 Å². The van der Waals surface area contributed by atoms with E-state index in [0.717, 1.165) is 54.1 Å². The summed E-state index contributed by atoms with van der Waals surface area (Å²) in [6, 6.07) is 13.3. The molecule has 222 valence electrons. The lowest BCUT2D eigenvalue weighted by molar-refractivity contribution is -0.0424. The molecule has 9 nitrogen and oxygen atoms in total. The minimum Gasteiger partial charge on any atom is -0.460 e. The molecule has 1 saturated heterocycles. The average Bonchev–Trinajstić information content (AvgIpc) is 3.64. The zero-order chi connectivity index (χ0) is 29.2. The van der Waals surface area contributed by atoms with Crippen LogP contribution in [0.15, 0.2) is 46.9 Å². The summed E-state index contributed by atoms with van der Waals surface area (Å²) in [6.07, 6.45) is 5.05. The van der Waals surface area contributed by atoms with Gasteiger partial charge in [0.2, 0.25) is 6.79 Å². The molecule has 1 saturated carbocycles. The van der Waals surface area contributed by atoms with Crippen LogP contribution in [0.4, 0.5) is 17.1 Å². The summed E-state index contributed by atoms with van der Waals surface area (Å²) in [6.45, 7) is 5.92. The number of carbonyl (C=O) groups excluding carboxylic acids is 1. The second-order valence-corrected chi connectivity index (χ2v) is 12.1. The van der Waals surface area contributed by atoms with E-state index < -0.39 is 6.29 Å². The maximum absolute atomic E-state index is 14.3. The topological polar surface area (TPSA) is 108 Å². The third kappa shape index (κ3) is 4.37. The number of nitrogens with one attached hydrogen (secondary N) is 1. The zero-order valence-electron chi connectivity index (χ0n) is 24.2. The Bertz CT molecular complexity index is 1730. The first-order valence-corrected chi connectivity index (χ1v) is 15.3. The quantitative estimate of drug-likeness (QED) is 0.220. The number of anilines is 3. The summed E-state index contributed by atoms with van der Waals surface area (Å²) in [5.41, 5.74) is 4.66. The van der Waals surface area contributed by atoms with Crippen molar-refractivity contribution in [1.82, 2.24) is 4.90 Å². The van der Waals surface area contributed by atoms with Crippen molar-refractivity contribution in [3.05, 3.63) is 64.9 Å². The molecule has 8 rings (SSSR count). The van der Waals surface area contributed by atoms with Crippen LogP contribution < -0.4 is 19.7 Å². The normalized spacial score (nSPS) is 18.5. The van der Waals surface area contributed by atoms with Gasteiger partial charge in [-0.3, -0.25) is 9.69 Å². The van der Waals surface area contributed by atoms with Gasteiger partial charge in [-0.05, 0) is 50.1 Å². The number of aliphatic hydroxyl groups is 2. The maximum atomic E-state index is 14.3. The molecule has 0 bridgehead atoms. The number of benzene rings is 3. The highest BCUT2D eigenvalue weighted by atomic mass is 16.7. The van der Waals surface area contributed by atoms with E-state index in [0.29, 0.717) is 51.2 Å². The second kappa shape index (κ2) is 10.3. The lowest BCUT2D eigenvalue weighted by Crippen LogP contribution is -2.51. The van der Waals surface area contributed by atoms with Crippen molar-refractivity contribution in [2.24, 2.45) is 0 Å². The fraction of sp³-hybridized carbons (Fsp3) is 0.382. The van der Waals surface area contributed by atoms with Crippen LogP contribution in [-0.2, 0) is 0 Å². The second-order valence-electron chi connectivity index (χ2n) is 12.1. The highest BCUT2D eigenvalue weighted by molar-refractivity contribution is 6.30. The van der Waals surface area contributed by atoms with E-state index >= 15 is 0 Å². The summed E-state index contributed by atoms with van der Waals surface area (Å²) in [7, 11) is 0. The van der Waals surface area contributed by atoms with Crippen molar-refractivity contribution in [2.75, 3.05) is 43.2 Å². The predicted octanol–water partition coefficient (Wildman–Crippen LogP) is 5.86. The lowest BCUT2D eigenvalue weighted by Gasteiger charge is -2.42. The minimum atomic E-state index is -1.55. The smallest absolute Gasteiger partial charge is 0.231 e. The van der Waals surface area contributed by atoms with Crippen LogP contribution in [0.2, 0.25) is 0 Å². The maximum Gasteiger partial charge on any atom is 0.231 e. The van der Waals surface area contributed by atoms with Crippen molar-refractivity contribution >= 4 is 33.6 Å². The van der Waals surface area contributed by atoms with E-state index in [9.17, 15) is 15.0 Å². The lowest BCUT2D eigenvalue weighted by atomic mass is 9.85. The van der Waals surface area contributed by atoms with Gasteiger partial charge in [-0.2, -0.15) is 0 Å². The highest BCUT2D eigenvalue weighted by Gasteiger charge is 2.36. The molecule has 3 N–H and O–H groups in total. The van der Waals surface area contributed by atoms with Gasteiger partial charge in [-0.25, -0.2) is 0 Å². The molecule has 0 spiro atoms. The van der Waals surface area contributed by atoms with Crippen LogP contribution in [0.1, 0.15) is 65.6 Å². The van der Waals surface area contributed by atoms with Crippen LogP contribution in [-0.4, -0.2) is 59.9 Å². The number of fused-ring (bicyclic) bond motifs is 3. The third-order valence-corrected chi connectivity index (χ3v) is 9.60. The van der Waals surface area contributed by atoms with Crippen molar-refractivity contribution in [3.8, 4) is 22.8 Å². The van der Waals surface area contributed by atoms with Gasteiger partial charge in [0.15, 0.2) is 23.6 Å². The van der Waals surface area contributed by atoms with Gasteiger partial charge in [0.1, 0.15) is 11.5 Å². The molecule has 3 heterocycles. The molecule has 0 radical (unpaired) electrons. The Hall–Kier alpha value is -4.05. The number of hydrogen-bond donors (Lipinski definition) is 3. The highest BCUT2D eigenvalue weighted by Crippen LogP contribution is 2.51. The number of carbonyl (C=O) groups is 1. The average molecular weight is 582 g/mol. The summed E-state index contributed by atoms with van der Waals surface area (Å²) in [5, 5.41) is 24.4. The van der Waals surface area contributed by atoms with Crippen molar-refractivity contribution in [1.29, 1.82) is 0 Å². The van der Waals surface area contributed by atoms with E-state index in [1.807, 2.05) is 13.0 Å². The zero-order valence-corrected chi connectivity index (χ0v) is 24.2. The molecule has 4 aliphatic rings. The van der Waals surface area contributed by atoms with Crippen LogP contribution in [0, 0.1) is 6.92 Å². The summed E-state index contributed by atoms with van der Waals surface area (Å²) in [5.74, 6) is 2.50. The molecule has 1 aromatic heterocycles. The van der Waals surface area contributed by atoms with Gasteiger partial charge >= 0.3 is 0 Å². The largest absolute Gasteiger partial charge is 0.460 e. The van der Waals surface area contributed by atoms with Crippen molar-refractivity contribution < 1.29 is 28.9 Å². The number of rotatable bonds is 5. The first-order valence-electron chi connectivity index (χ1n) is 15.3. The fourth-order valence-electron chi connectivity index (χ4n) is 7.40. The Kier molecular flexibility index (Phi) is 6.36. The van der Waals surface area contributed by atoms with Gasteiger partial charge in [-0.1, -0.05) is 31.4 Å². The minimum absolute atomic E-state index is 0.106. The van der Waals surface area contributed by atoms with Gasteiger partial charge < -0.3 is 34.3 Å². The number of ether oxygens (including phenoxy) is 2. The number of aryl methyl sites for hydroxylation is 1. The number of furan rings is 1. The molecule has 0 unspecified atom stereocenters. The Morgan fingerprint density at radius 3 is 2.28 bits per heavy atom. The number of nitrogens with zero attached hydrogens (tertiary/aromatic N) is 2. The summed E-state index contributed by atoms with van der Waals surface area (Å²) in [4.78, 5) is 19.4. The first-order chi connectivity index (χ1) is 21.0. The van der Waals surface area contributed by atoms with Crippen molar-refractivity contribution in [2.45, 2.75) is 51.4 Å². The SMILES string of the molecule is Cc1oc2c3c(c(Nc4ccc(C(O)O)cc4)cc(N4CCN(C5CCCCC5)CC4)c13)C(=O)c1cc3c(cc1-2)OCO3. The van der Waals surface area contributed by atoms with Gasteiger partial charge in [0.05, 0.1) is 16.9 Å². The molecular weight excluding hydrogens is 546 g/mol. The molecule has 3 aromatic carbocycles. The van der Waals surface area contributed by atoms with Crippen molar-refractivity contribution in [3.63, 3.8) is 0 Å². The Morgan fingerprint density at radius 1 is 0.884 bits per heavy atom. The molecule has 9 heteroatoms. The van der Waals surface area contributed by atoms with E-state index in [2.05, 4.69) is 21.2 Å². The number of piperazine rings is 1. The molecular formula is C34H35N3O6. The Morgan fingerprint density at radius 2 is 1.58 bits per heavy atom. The number of hydrogen-bond acceptors (Lipinski definition) is 9. The Balaban J connectivity index is 1.25. The standard InChI is InChI=1S/C34H35N3O6/c1-19-29-26(37-13-11-36(12-14-37)22-5-3-2-4-6-22)17-25(35-21-9-7-20(8-10-21)34(39)40)30-31(29)33(43-19)24-16-28-27(41-18-42-28)15-23(24)32(30)38/h7-10,15-17,22,34-35,39-40H,2-6,11-14,18H2,1H3. The molecule has 0 atom stereocenters. The van der Waals surface area contributed by atoms with E-state index in [1.165, 1.54) is 32.1 Å². The molecule has 0 amide bonds. The fourth-order valence-corrected chi connectivity index (χ4v) is 7.40. The van der Waals surface area contributed by atoms with E-state index in [4.69, 9.17) is 13.9 Å². The van der Waals surface area contributed by atoms with Crippen LogP contribution in [0.5, 0.6) is 11.5 Å². The Labute approximate surface area is 249 Å². The third-order valence-electron chi connectivity index (χ3n) is 9.60. The van der Waals surface area contributed by atoms with Crippen LogP contribution in [0.3, 0.4) is 0 Å². The van der Waals surface area contributed by atoms with E-state index in [-0.39, 0.29) is 12.6 Å². The first kappa shape index (κ1) is 26.6. The molecule has 2 aliphatic heterocycles. The number of ketones is 1. The predicted molar refractivity (Wildman–Crippen MR) is 164 cm³/mol. The summed E-state index contributed by atoms with van der Waals surface area (Å²) >= 11 is 0. The molecule has 2 fully saturated rings. The number of aliphatic hydroxyl groups excluding tert-OH is 1.